The number of nitrogens with one attached hydrogen (secondary N) is 1. The molecular formula is C22H15F3N6O. The number of aromatic nitrogens is 3. The Labute approximate surface area is 179 Å². The van der Waals surface area contributed by atoms with Crippen LogP contribution in [0.5, 0.6) is 0 Å². The van der Waals surface area contributed by atoms with Crippen LogP contribution in [0, 0.1) is 0 Å². The fourth-order valence-electron chi connectivity index (χ4n) is 3.56. The van der Waals surface area contributed by atoms with Crippen molar-refractivity contribution in [3.8, 4) is 0 Å². The number of hydrogen-bond acceptors (Lipinski definition) is 7. The van der Waals surface area contributed by atoms with E-state index >= 15 is 0 Å². The third-order valence-corrected chi connectivity index (χ3v) is 5.06. The molecule has 0 fully saturated rings. The van der Waals surface area contributed by atoms with Gasteiger partial charge in [-0.15, -0.1) is 0 Å². The van der Waals surface area contributed by atoms with Gasteiger partial charge in [-0.2, -0.15) is 13.2 Å². The Balaban J connectivity index is 1.66. The normalized spacial score (nSPS) is 14.8. The van der Waals surface area contributed by atoms with Crippen LogP contribution in [0.3, 0.4) is 0 Å². The number of allylic oxidation sites excluding steroid dienone is 2. The topological polar surface area (TPSA) is 100 Å². The lowest BCUT2D eigenvalue weighted by Gasteiger charge is -2.30. The second-order valence-electron chi connectivity index (χ2n) is 7.10. The highest BCUT2D eigenvalue weighted by molar-refractivity contribution is 5.92. The average molecular weight is 436 g/mol. The van der Waals surface area contributed by atoms with Crippen molar-refractivity contribution in [3.63, 3.8) is 0 Å². The van der Waals surface area contributed by atoms with Crippen LogP contribution < -0.4 is 26.5 Å². The first-order valence-corrected chi connectivity index (χ1v) is 9.45. The smallest absolute Gasteiger partial charge is 0.416 e. The van der Waals surface area contributed by atoms with Crippen molar-refractivity contribution in [3.05, 3.63) is 82.6 Å². The SMILES string of the molecule is Nc1ncc(C2=CC=c3ncc4c(c3N2)N(c2cccc(C(F)(F)F)c2)C(O)=CC=4)cn1. The first kappa shape index (κ1) is 19.6. The van der Waals surface area contributed by atoms with E-state index in [1.54, 1.807) is 36.8 Å². The molecule has 0 atom stereocenters. The summed E-state index contributed by atoms with van der Waals surface area (Å²) in [7, 11) is 0. The molecule has 1 aromatic carbocycles. The number of hydrogen-bond donors (Lipinski definition) is 3. The number of anilines is 4. The molecule has 0 radical (unpaired) electrons. The molecule has 32 heavy (non-hydrogen) atoms. The number of nitrogen functional groups attached to an aromatic ring is 1. The van der Waals surface area contributed by atoms with Crippen molar-refractivity contribution in [1.29, 1.82) is 0 Å². The van der Waals surface area contributed by atoms with E-state index in [1.807, 2.05) is 0 Å². The van der Waals surface area contributed by atoms with Gasteiger partial charge in [0.1, 0.15) is 0 Å². The van der Waals surface area contributed by atoms with Crippen LogP contribution in [0.1, 0.15) is 11.1 Å². The summed E-state index contributed by atoms with van der Waals surface area (Å²) in [6, 6.07) is 4.77. The van der Waals surface area contributed by atoms with E-state index in [0.717, 1.165) is 12.1 Å². The molecule has 0 saturated heterocycles. The van der Waals surface area contributed by atoms with Gasteiger partial charge in [0.05, 0.1) is 22.3 Å². The minimum Gasteiger partial charge on any atom is -0.494 e. The molecule has 4 N–H and O–H groups in total. The monoisotopic (exact) mass is 436 g/mol. The van der Waals surface area contributed by atoms with Gasteiger partial charge in [-0.25, -0.2) is 9.97 Å². The number of nitrogens with zero attached hydrogens (tertiary/aromatic N) is 4. The van der Waals surface area contributed by atoms with Crippen LogP contribution in [0.2, 0.25) is 0 Å². The molecule has 2 aliphatic rings. The first-order chi connectivity index (χ1) is 15.3. The van der Waals surface area contributed by atoms with Gasteiger partial charge in [0, 0.05) is 40.8 Å². The Morgan fingerprint density at radius 2 is 1.75 bits per heavy atom. The summed E-state index contributed by atoms with van der Waals surface area (Å²) in [4.78, 5) is 13.8. The number of fused-ring (bicyclic) bond motifs is 3. The molecule has 3 aromatic rings. The van der Waals surface area contributed by atoms with Gasteiger partial charge >= 0.3 is 6.18 Å². The predicted molar refractivity (Wildman–Crippen MR) is 115 cm³/mol. The number of rotatable bonds is 2. The Hall–Kier alpha value is -4.34. The van der Waals surface area contributed by atoms with Gasteiger partial charge in [-0.1, -0.05) is 6.07 Å². The van der Waals surface area contributed by atoms with E-state index in [1.165, 1.54) is 23.1 Å². The summed E-state index contributed by atoms with van der Waals surface area (Å²) in [5.74, 6) is -0.0899. The summed E-state index contributed by atoms with van der Waals surface area (Å²) < 4.78 is 39.9. The van der Waals surface area contributed by atoms with Crippen LogP contribution in [-0.2, 0) is 6.18 Å². The highest BCUT2D eigenvalue weighted by Crippen LogP contribution is 2.37. The van der Waals surface area contributed by atoms with E-state index in [0.29, 0.717) is 33.2 Å². The van der Waals surface area contributed by atoms with Crippen molar-refractivity contribution in [1.82, 2.24) is 15.0 Å². The molecule has 0 bridgehead atoms. The van der Waals surface area contributed by atoms with Crippen LogP contribution in [0.25, 0.3) is 17.8 Å². The van der Waals surface area contributed by atoms with Crippen LogP contribution in [0.15, 0.2) is 60.9 Å². The second-order valence-corrected chi connectivity index (χ2v) is 7.10. The molecule has 0 spiro atoms. The van der Waals surface area contributed by atoms with Gasteiger partial charge in [0.2, 0.25) is 5.95 Å². The lowest BCUT2D eigenvalue weighted by Crippen LogP contribution is -2.32. The van der Waals surface area contributed by atoms with E-state index in [-0.39, 0.29) is 17.5 Å². The lowest BCUT2D eigenvalue weighted by molar-refractivity contribution is -0.137. The molecule has 5 rings (SSSR count). The zero-order valence-electron chi connectivity index (χ0n) is 16.3. The zero-order valence-corrected chi connectivity index (χ0v) is 16.3. The Kier molecular flexibility index (Phi) is 4.36. The number of nitrogens with two attached hydrogens (primary N) is 1. The van der Waals surface area contributed by atoms with Gasteiger partial charge in [-0.3, -0.25) is 9.88 Å². The molecule has 0 saturated carbocycles. The van der Waals surface area contributed by atoms with Crippen molar-refractivity contribution in [2.45, 2.75) is 6.18 Å². The minimum absolute atomic E-state index is 0.133. The van der Waals surface area contributed by atoms with E-state index in [4.69, 9.17) is 5.73 Å². The third-order valence-electron chi connectivity index (χ3n) is 5.06. The maximum Gasteiger partial charge on any atom is 0.416 e. The van der Waals surface area contributed by atoms with Crippen molar-refractivity contribution < 1.29 is 18.3 Å². The van der Waals surface area contributed by atoms with Crippen LogP contribution >= 0.6 is 0 Å². The molecule has 10 heteroatoms. The number of halogens is 3. The van der Waals surface area contributed by atoms with Gasteiger partial charge in [-0.05, 0) is 42.5 Å². The molecule has 0 amide bonds. The minimum atomic E-state index is -4.52. The van der Waals surface area contributed by atoms with Crippen molar-refractivity contribution in [2.75, 3.05) is 16.0 Å². The fraction of sp³-hybridized carbons (Fsp3) is 0.0455. The number of pyridine rings is 1. The third kappa shape index (κ3) is 3.31. The first-order valence-electron chi connectivity index (χ1n) is 9.45. The molecule has 160 valence electrons. The maximum absolute atomic E-state index is 13.3. The van der Waals surface area contributed by atoms with E-state index < -0.39 is 11.7 Å². The van der Waals surface area contributed by atoms with Crippen LogP contribution in [-0.4, -0.2) is 20.1 Å². The number of aliphatic hydroxyl groups is 1. The Morgan fingerprint density at radius 3 is 2.50 bits per heavy atom. The summed E-state index contributed by atoms with van der Waals surface area (Å²) in [5, 5.41) is 15.1. The standard InChI is InChI=1S/C22H15F3N6O/c23-22(24,25)14-2-1-3-15(8-14)31-18(32)7-4-12-9-27-17-6-5-16(30-19(17)20(12)31)13-10-28-21(26)29-11-13/h1-11,30,32H,(H2,26,28,29). The van der Waals surface area contributed by atoms with Gasteiger partial charge < -0.3 is 16.2 Å². The van der Waals surface area contributed by atoms with E-state index in [2.05, 4.69) is 20.3 Å². The highest BCUT2D eigenvalue weighted by atomic mass is 19.4. The fourth-order valence-corrected chi connectivity index (χ4v) is 3.56. The zero-order chi connectivity index (χ0) is 22.5. The number of alkyl halides is 3. The summed E-state index contributed by atoms with van der Waals surface area (Å²) in [5.41, 5.74) is 7.18. The number of benzene rings is 1. The van der Waals surface area contributed by atoms with Crippen molar-refractivity contribution >= 4 is 40.9 Å². The largest absolute Gasteiger partial charge is 0.494 e. The molecule has 0 aliphatic carbocycles. The van der Waals surface area contributed by atoms with Crippen LogP contribution in [0.4, 0.5) is 36.2 Å². The van der Waals surface area contributed by atoms with Gasteiger partial charge in [0.15, 0.2) is 5.88 Å². The molecule has 4 heterocycles. The molecule has 2 aromatic heterocycles. The summed E-state index contributed by atoms with van der Waals surface area (Å²) in [6.45, 7) is 0. The predicted octanol–water partition coefficient (Wildman–Crippen LogP) is 3.05. The second kappa shape index (κ2) is 7.12. The van der Waals surface area contributed by atoms with Gasteiger partial charge in [0.25, 0.3) is 0 Å². The average Bonchev–Trinajstić information content (AvgIpc) is 2.78. The van der Waals surface area contributed by atoms with Crippen molar-refractivity contribution in [2.24, 2.45) is 0 Å². The quantitative estimate of drug-likeness (QED) is 0.568. The summed E-state index contributed by atoms with van der Waals surface area (Å²) >= 11 is 0. The summed E-state index contributed by atoms with van der Waals surface area (Å²) in [6.07, 6.45) is 6.79. The molecule has 7 nitrogen and oxygen atoms in total. The molecule has 2 aliphatic heterocycles. The Bertz CT molecular complexity index is 1410. The van der Waals surface area contributed by atoms with E-state index in [9.17, 15) is 18.3 Å². The molecular weight excluding hydrogens is 421 g/mol. The Morgan fingerprint density at radius 1 is 0.969 bits per heavy atom. The maximum atomic E-state index is 13.3. The molecule has 0 unspecified atom stereocenters. The lowest BCUT2D eigenvalue weighted by atomic mass is 10.1. The highest BCUT2D eigenvalue weighted by Gasteiger charge is 2.32. The number of aliphatic hydroxyl groups excluding tert-OH is 1.